The van der Waals surface area contributed by atoms with Gasteiger partial charge in [0.1, 0.15) is 0 Å². The normalized spacial score (nSPS) is 23.4. The van der Waals surface area contributed by atoms with Gasteiger partial charge in [-0.2, -0.15) is 0 Å². The van der Waals surface area contributed by atoms with Crippen molar-refractivity contribution in [3.63, 3.8) is 0 Å². The summed E-state index contributed by atoms with van der Waals surface area (Å²) in [5.74, 6) is 0. The highest BCUT2D eigenvalue weighted by Crippen LogP contribution is 2.38. The maximum atomic E-state index is 6.83. The molecule has 3 nitrogen and oxygen atoms in total. The summed E-state index contributed by atoms with van der Waals surface area (Å²) < 4.78 is 20.1. The Morgan fingerprint density at radius 1 is 0.840 bits per heavy atom. The first-order valence-corrected chi connectivity index (χ1v) is 19.8. The molecule has 0 bridgehead atoms. The summed E-state index contributed by atoms with van der Waals surface area (Å²) in [6, 6.07) is 0. The second-order valence-corrected chi connectivity index (χ2v) is 23.0. The Labute approximate surface area is 159 Å². The minimum absolute atomic E-state index is 0.344. The van der Waals surface area contributed by atoms with Crippen LogP contribution in [0.3, 0.4) is 0 Å². The molecule has 142 valence electrons. The second-order valence-electron chi connectivity index (χ2n) is 8.12. The molecule has 0 amide bonds. The van der Waals surface area contributed by atoms with Crippen LogP contribution in [0.1, 0.15) is 19.3 Å². The molecule has 0 fully saturated rings. The first-order chi connectivity index (χ1) is 11.4. The average Bonchev–Trinajstić information content (AvgIpc) is 2.54. The molecule has 3 atom stereocenters. The van der Waals surface area contributed by atoms with Gasteiger partial charge in [-0.15, -0.1) is 19.7 Å². The van der Waals surface area contributed by atoms with Gasteiger partial charge >= 0.3 is 17.1 Å². The van der Waals surface area contributed by atoms with Gasteiger partial charge in [0, 0.05) is 5.54 Å². The van der Waals surface area contributed by atoms with Crippen LogP contribution in [0.2, 0.25) is 44.8 Å². The standard InChI is InChI=1S/C18H36O3Si4/c1-10-22(4,5)19-24(8,12-3)21-25(9,20-23(6,7)11-2)18-16-14-13-15-17-18/h10-12,14,16,18H,1-3,13,15,17H2,4-9H3. The Hall–Kier alpha value is -0.292. The summed E-state index contributed by atoms with van der Waals surface area (Å²) in [6.45, 7) is 24.9. The molecule has 7 heteroatoms. The average molecular weight is 413 g/mol. The number of rotatable bonds is 10. The zero-order valence-corrected chi connectivity index (χ0v) is 20.9. The highest BCUT2D eigenvalue weighted by Gasteiger charge is 2.50. The van der Waals surface area contributed by atoms with Crippen LogP contribution >= 0.6 is 0 Å². The Bertz CT molecular complexity index is 532. The van der Waals surface area contributed by atoms with Crippen LogP contribution in [0.25, 0.3) is 0 Å². The predicted molar refractivity (Wildman–Crippen MR) is 119 cm³/mol. The monoisotopic (exact) mass is 412 g/mol. The summed E-state index contributed by atoms with van der Waals surface area (Å²) in [5, 5.41) is 0. The highest BCUT2D eigenvalue weighted by molar-refractivity contribution is 6.94. The van der Waals surface area contributed by atoms with Gasteiger partial charge in [0.05, 0.1) is 0 Å². The Morgan fingerprint density at radius 2 is 1.40 bits per heavy atom. The summed E-state index contributed by atoms with van der Waals surface area (Å²) in [4.78, 5) is 0. The van der Waals surface area contributed by atoms with E-state index < -0.39 is 33.8 Å². The Balaban J connectivity index is 3.19. The second kappa shape index (κ2) is 8.60. The molecule has 0 aromatic rings. The van der Waals surface area contributed by atoms with E-state index in [9.17, 15) is 0 Å². The van der Waals surface area contributed by atoms with Gasteiger partial charge in [0.25, 0.3) is 0 Å². The summed E-state index contributed by atoms with van der Waals surface area (Å²) in [7, 11) is -9.05. The molecule has 1 aliphatic carbocycles. The van der Waals surface area contributed by atoms with E-state index >= 15 is 0 Å². The molecule has 0 N–H and O–H groups in total. The van der Waals surface area contributed by atoms with Gasteiger partial charge in [-0.05, 0) is 58.5 Å². The van der Waals surface area contributed by atoms with E-state index in [4.69, 9.17) is 12.3 Å². The molecule has 0 heterocycles. The van der Waals surface area contributed by atoms with E-state index in [2.05, 4.69) is 71.2 Å². The number of hydrogen-bond donors (Lipinski definition) is 0. The topological polar surface area (TPSA) is 27.7 Å². The van der Waals surface area contributed by atoms with E-state index in [-0.39, 0.29) is 0 Å². The Morgan fingerprint density at radius 3 is 1.84 bits per heavy atom. The molecule has 25 heavy (non-hydrogen) atoms. The molecule has 0 radical (unpaired) electrons. The molecule has 0 aromatic carbocycles. The predicted octanol–water partition coefficient (Wildman–Crippen LogP) is 5.88. The molecular weight excluding hydrogens is 377 g/mol. The zero-order chi connectivity index (χ0) is 19.4. The molecule has 3 unspecified atom stereocenters. The van der Waals surface area contributed by atoms with E-state index in [1.54, 1.807) is 0 Å². The van der Waals surface area contributed by atoms with Crippen LogP contribution in [-0.4, -0.2) is 33.8 Å². The van der Waals surface area contributed by atoms with Gasteiger partial charge in [-0.3, -0.25) is 0 Å². The lowest BCUT2D eigenvalue weighted by atomic mass is 10.1. The smallest absolute Gasteiger partial charge is 0.342 e. The molecule has 0 spiro atoms. The van der Waals surface area contributed by atoms with Crippen LogP contribution in [0.4, 0.5) is 0 Å². The van der Waals surface area contributed by atoms with Crippen molar-refractivity contribution in [2.45, 2.75) is 64.1 Å². The quantitative estimate of drug-likeness (QED) is 0.331. The molecule has 0 saturated carbocycles. The number of allylic oxidation sites excluding steroid dienone is 2. The molecule has 0 aliphatic heterocycles. The fraction of sp³-hybridized carbons (Fsp3) is 0.556. The summed E-state index contributed by atoms with van der Waals surface area (Å²) in [5.41, 5.74) is 6.18. The maximum absolute atomic E-state index is 6.83. The lowest BCUT2D eigenvalue weighted by Gasteiger charge is -2.45. The first kappa shape index (κ1) is 22.7. The third kappa shape index (κ3) is 6.74. The molecular formula is C18H36O3Si4. The van der Waals surface area contributed by atoms with Crippen molar-refractivity contribution in [1.82, 2.24) is 0 Å². The molecule has 1 aliphatic rings. The lowest BCUT2D eigenvalue weighted by Crippen LogP contribution is -2.59. The number of hydrogen-bond acceptors (Lipinski definition) is 3. The minimum Gasteiger partial charge on any atom is -0.433 e. The molecule has 0 saturated heterocycles. The minimum atomic E-state index is -2.57. The van der Waals surface area contributed by atoms with Gasteiger partial charge in [0.15, 0.2) is 16.6 Å². The zero-order valence-electron chi connectivity index (χ0n) is 16.9. The van der Waals surface area contributed by atoms with Gasteiger partial charge in [0.2, 0.25) is 0 Å². The van der Waals surface area contributed by atoms with Crippen LogP contribution in [0.15, 0.2) is 49.0 Å². The SMILES string of the molecule is C=C[Si](C)(C)O[Si](C)(C=C)O[Si](C)(O[Si](C)(C)C=C)C1C=CCCC1. The lowest BCUT2D eigenvalue weighted by molar-refractivity contribution is 0.319. The van der Waals surface area contributed by atoms with Crippen molar-refractivity contribution in [2.24, 2.45) is 0 Å². The molecule has 0 aromatic heterocycles. The van der Waals surface area contributed by atoms with Crippen molar-refractivity contribution in [3.05, 3.63) is 49.0 Å². The molecule has 1 rings (SSSR count). The third-order valence-electron chi connectivity index (χ3n) is 4.62. The van der Waals surface area contributed by atoms with Gasteiger partial charge in [-0.1, -0.05) is 29.2 Å². The van der Waals surface area contributed by atoms with Crippen molar-refractivity contribution < 1.29 is 12.3 Å². The summed E-state index contributed by atoms with van der Waals surface area (Å²) in [6.07, 6.45) is 8.02. The largest absolute Gasteiger partial charge is 0.433 e. The van der Waals surface area contributed by atoms with E-state index in [1.165, 1.54) is 6.42 Å². The highest BCUT2D eigenvalue weighted by atomic mass is 28.5. The van der Waals surface area contributed by atoms with Crippen molar-refractivity contribution >= 4 is 33.8 Å². The van der Waals surface area contributed by atoms with Gasteiger partial charge in [-0.25, -0.2) is 0 Å². The maximum Gasteiger partial charge on any atom is 0.342 e. The van der Waals surface area contributed by atoms with Crippen LogP contribution in [-0.2, 0) is 12.3 Å². The third-order valence-corrected chi connectivity index (χ3v) is 19.8. The van der Waals surface area contributed by atoms with Crippen LogP contribution < -0.4 is 0 Å². The van der Waals surface area contributed by atoms with Gasteiger partial charge < -0.3 is 12.3 Å². The van der Waals surface area contributed by atoms with Crippen LogP contribution in [0, 0.1) is 0 Å². The fourth-order valence-corrected chi connectivity index (χ4v) is 19.5. The Kier molecular flexibility index (Phi) is 7.82. The van der Waals surface area contributed by atoms with E-state index in [0.29, 0.717) is 5.54 Å². The fourth-order valence-electron chi connectivity index (χ4n) is 3.06. The first-order valence-electron chi connectivity index (χ1n) is 9.09. The van der Waals surface area contributed by atoms with Crippen molar-refractivity contribution in [2.75, 3.05) is 0 Å². The van der Waals surface area contributed by atoms with E-state index in [0.717, 1.165) is 12.8 Å². The van der Waals surface area contributed by atoms with Crippen molar-refractivity contribution in [3.8, 4) is 0 Å². The summed E-state index contributed by atoms with van der Waals surface area (Å²) >= 11 is 0. The van der Waals surface area contributed by atoms with Crippen LogP contribution in [0.5, 0.6) is 0 Å². The van der Waals surface area contributed by atoms with Crippen molar-refractivity contribution in [1.29, 1.82) is 0 Å². The van der Waals surface area contributed by atoms with E-state index in [1.807, 2.05) is 17.1 Å².